The molecule has 0 unspecified atom stereocenters. The van der Waals surface area contributed by atoms with Crippen LogP contribution in [0.2, 0.25) is 0 Å². The van der Waals surface area contributed by atoms with Crippen LogP contribution in [0.4, 0.5) is 0 Å². The van der Waals surface area contributed by atoms with Gasteiger partial charge in [0.2, 0.25) is 5.78 Å². The molecular formula is C16H12O5S. The second-order valence-corrected chi connectivity index (χ2v) is 6.22. The van der Waals surface area contributed by atoms with Gasteiger partial charge in [0, 0.05) is 11.1 Å². The number of phenolic OH excluding ortho intramolecular Hbond substituents is 1. The molecule has 0 amide bonds. The highest BCUT2D eigenvalue weighted by molar-refractivity contribution is 7.16. The van der Waals surface area contributed by atoms with E-state index >= 15 is 0 Å². The van der Waals surface area contributed by atoms with E-state index in [1.165, 1.54) is 24.3 Å². The fourth-order valence-corrected chi connectivity index (χ4v) is 3.31. The third kappa shape index (κ3) is 2.12. The van der Waals surface area contributed by atoms with Crippen molar-refractivity contribution < 1.29 is 24.2 Å². The highest BCUT2D eigenvalue weighted by Gasteiger charge is 2.35. The molecule has 1 aromatic carbocycles. The number of esters is 1. The number of carbonyl (C=O) groups is 3. The van der Waals surface area contributed by atoms with Crippen molar-refractivity contribution in [2.75, 3.05) is 0 Å². The molecule has 0 aliphatic heterocycles. The summed E-state index contributed by atoms with van der Waals surface area (Å²) in [7, 11) is 0. The van der Waals surface area contributed by atoms with Crippen LogP contribution in [0.5, 0.6) is 5.75 Å². The van der Waals surface area contributed by atoms with Crippen molar-refractivity contribution in [1.82, 2.24) is 0 Å². The van der Waals surface area contributed by atoms with E-state index in [0.717, 1.165) is 11.3 Å². The van der Waals surface area contributed by atoms with Crippen molar-refractivity contribution in [2.45, 2.75) is 20.0 Å². The largest absolute Gasteiger partial charge is 0.507 e. The van der Waals surface area contributed by atoms with Crippen molar-refractivity contribution in [3.05, 3.63) is 50.7 Å². The van der Waals surface area contributed by atoms with E-state index in [4.69, 9.17) is 4.74 Å². The van der Waals surface area contributed by atoms with Gasteiger partial charge >= 0.3 is 5.97 Å². The number of fused-ring (bicyclic) bond motifs is 2. The Morgan fingerprint density at radius 2 is 1.91 bits per heavy atom. The van der Waals surface area contributed by atoms with Crippen LogP contribution in [0.1, 0.15) is 54.7 Å². The number of carbonyl (C=O) groups excluding carboxylic acids is 3. The van der Waals surface area contributed by atoms with Crippen LogP contribution in [0.15, 0.2) is 24.3 Å². The van der Waals surface area contributed by atoms with Gasteiger partial charge in [0.15, 0.2) is 5.78 Å². The third-order valence-corrected chi connectivity index (χ3v) is 4.35. The van der Waals surface area contributed by atoms with Crippen molar-refractivity contribution in [3.63, 3.8) is 0 Å². The number of hydrogen-bond acceptors (Lipinski definition) is 6. The fraction of sp³-hybridized carbons (Fsp3) is 0.188. The zero-order chi connectivity index (χ0) is 16.0. The van der Waals surface area contributed by atoms with Gasteiger partial charge in [-0.2, -0.15) is 0 Å². The summed E-state index contributed by atoms with van der Waals surface area (Å²) in [6, 6.07) is 5.74. The monoisotopic (exact) mass is 316 g/mol. The summed E-state index contributed by atoms with van der Waals surface area (Å²) in [6.07, 6.45) is -0.292. The van der Waals surface area contributed by atoms with Crippen molar-refractivity contribution in [2.24, 2.45) is 0 Å². The lowest BCUT2D eigenvalue weighted by Crippen LogP contribution is -2.18. The lowest BCUT2D eigenvalue weighted by Gasteiger charge is -2.14. The minimum atomic E-state index is -0.566. The first-order valence-electron chi connectivity index (χ1n) is 6.66. The molecule has 0 saturated heterocycles. The molecule has 1 aliphatic rings. The zero-order valence-corrected chi connectivity index (χ0v) is 12.7. The predicted octanol–water partition coefficient (Wildman–Crippen LogP) is 2.79. The average molecular weight is 316 g/mol. The van der Waals surface area contributed by atoms with Gasteiger partial charge in [0.05, 0.1) is 16.5 Å². The van der Waals surface area contributed by atoms with Gasteiger partial charge in [0.25, 0.3) is 0 Å². The third-order valence-electron chi connectivity index (χ3n) is 3.24. The Labute approximate surface area is 130 Å². The number of ketones is 2. The first-order chi connectivity index (χ1) is 10.4. The Hall–Kier alpha value is -2.47. The Balaban J connectivity index is 2.11. The summed E-state index contributed by atoms with van der Waals surface area (Å²) in [4.78, 5) is 37.2. The normalized spacial score (nSPS) is 13.0. The maximum absolute atomic E-state index is 12.5. The molecule has 1 N–H and O–H groups in total. The molecule has 2 aromatic rings. The summed E-state index contributed by atoms with van der Waals surface area (Å²) < 4.78 is 5.08. The summed E-state index contributed by atoms with van der Waals surface area (Å²) in [6.45, 7) is 3.44. The maximum atomic E-state index is 12.5. The highest BCUT2D eigenvalue weighted by atomic mass is 32.1. The smallest absolute Gasteiger partial charge is 0.348 e. The van der Waals surface area contributed by atoms with E-state index in [0.29, 0.717) is 0 Å². The molecular weight excluding hydrogens is 304 g/mol. The molecule has 6 heteroatoms. The molecule has 0 atom stereocenters. The molecule has 0 fully saturated rings. The maximum Gasteiger partial charge on any atom is 0.348 e. The quantitative estimate of drug-likeness (QED) is 0.735. The molecule has 5 nitrogen and oxygen atoms in total. The molecule has 0 saturated carbocycles. The number of phenols is 1. The van der Waals surface area contributed by atoms with E-state index in [2.05, 4.69) is 0 Å². The molecule has 0 bridgehead atoms. The lowest BCUT2D eigenvalue weighted by atomic mass is 9.88. The lowest BCUT2D eigenvalue weighted by molar-refractivity contribution is 0.0383. The molecule has 1 heterocycles. The number of thiophene rings is 1. The standard InChI is InChI=1S/C16H12O5S/c1-7(2)21-16(20)11-6-9-13(18)8-4-3-5-10(17)12(8)14(19)15(9)22-11/h3-7,17H,1-2H3. The van der Waals surface area contributed by atoms with Gasteiger partial charge in [-0.3, -0.25) is 9.59 Å². The Morgan fingerprint density at radius 3 is 2.59 bits per heavy atom. The predicted molar refractivity (Wildman–Crippen MR) is 79.8 cm³/mol. The van der Waals surface area contributed by atoms with Crippen LogP contribution < -0.4 is 0 Å². The van der Waals surface area contributed by atoms with Crippen molar-refractivity contribution in [3.8, 4) is 5.75 Å². The minimum Gasteiger partial charge on any atom is -0.507 e. The summed E-state index contributed by atoms with van der Waals surface area (Å²) in [5.41, 5.74) is 0.327. The van der Waals surface area contributed by atoms with E-state index in [9.17, 15) is 19.5 Å². The second-order valence-electron chi connectivity index (χ2n) is 5.17. The molecule has 1 aliphatic carbocycles. The zero-order valence-electron chi connectivity index (χ0n) is 11.9. The number of benzene rings is 1. The van der Waals surface area contributed by atoms with Gasteiger partial charge in [-0.1, -0.05) is 12.1 Å². The molecule has 0 radical (unpaired) electrons. The SMILES string of the molecule is CC(C)OC(=O)c1cc2c(s1)C(=O)c1c(O)cccc1C2=O. The van der Waals surface area contributed by atoms with Crippen LogP contribution in [0.25, 0.3) is 0 Å². The Kier molecular flexibility index (Phi) is 3.33. The molecule has 0 spiro atoms. The number of hydrogen-bond donors (Lipinski definition) is 1. The van der Waals surface area contributed by atoms with Crippen LogP contribution in [0.3, 0.4) is 0 Å². The first-order valence-corrected chi connectivity index (χ1v) is 7.48. The second kappa shape index (κ2) is 5.06. The van der Waals surface area contributed by atoms with E-state index in [-0.39, 0.29) is 44.1 Å². The number of rotatable bonds is 2. The molecule has 3 rings (SSSR count). The van der Waals surface area contributed by atoms with E-state index in [1.807, 2.05) is 0 Å². The van der Waals surface area contributed by atoms with Crippen LogP contribution in [-0.4, -0.2) is 28.7 Å². The van der Waals surface area contributed by atoms with E-state index < -0.39 is 11.8 Å². The first kappa shape index (κ1) is 14.5. The van der Waals surface area contributed by atoms with Crippen LogP contribution in [-0.2, 0) is 4.74 Å². The fourth-order valence-electron chi connectivity index (χ4n) is 2.33. The molecule has 22 heavy (non-hydrogen) atoms. The van der Waals surface area contributed by atoms with Gasteiger partial charge in [-0.05, 0) is 26.0 Å². The summed E-state index contributed by atoms with van der Waals surface area (Å²) in [5.74, 6) is -1.62. The Bertz CT molecular complexity index is 816. The van der Waals surface area contributed by atoms with Gasteiger partial charge in [-0.25, -0.2) is 4.79 Å². The number of ether oxygens (including phenoxy) is 1. The van der Waals surface area contributed by atoms with Gasteiger partial charge < -0.3 is 9.84 Å². The van der Waals surface area contributed by atoms with Gasteiger partial charge in [0.1, 0.15) is 10.6 Å². The molecule has 1 aromatic heterocycles. The average Bonchev–Trinajstić information content (AvgIpc) is 2.89. The number of aromatic hydroxyl groups is 1. The Morgan fingerprint density at radius 1 is 1.18 bits per heavy atom. The topological polar surface area (TPSA) is 80.7 Å². The van der Waals surface area contributed by atoms with Crippen LogP contribution >= 0.6 is 11.3 Å². The highest BCUT2D eigenvalue weighted by Crippen LogP contribution is 2.36. The van der Waals surface area contributed by atoms with Crippen LogP contribution in [0, 0.1) is 0 Å². The molecule has 112 valence electrons. The summed E-state index contributed by atoms with van der Waals surface area (Å²) >= 11 is 0.914. The van der Waals surface area contributed by atoms with Crippen molar-refractivity contribution in [1.29, 1.82) is 0 Å². The van der Waals surface area contributed by atoms with Gasteiger partial charge in [-0.15, -0.1) is 11.3 Å². The minimum absolute atomic E-state index is 0.00868. The van der Waals surface area contributed by atoms with Crippen molar-refractivity contribution >= 4 is 28.9 Å². The summed E-state index contributed by atoms with van der Waals surface area (Å²) in [5, 5.41) is 9.85. The van der Waals surface area contributed by atoms with E-state index in [1.54, 1.807) is 13.8 Å².